The number of piperidine rings is 1. The molecular weight excluding hydrogens is 372 g/mol. The van der Waals surface area contributed by atoms with E-state index in [9.17, 15) is 4.79 Å². The first kappa shape index (κ1) is 17.4. The average Bonchev–Trinajstić information content (AvgIpc) is 2.95. The maximum atomic E-state index is 12.8. The van der Waals surface area contributed by atoms with Crippen LogP contribution in [0.4, 0.5) is 0 Å². The fourth-order valence-electron chi connectivity index (χ4n) is 3.00. The summed E-state index contributed by atoms with van der Waals surface area (Å²) in [6, 6.07) is 3.66. The molecule has 2 aliphatic heterocycles. The van der Waals surface area contributed by atoms with Gasteiger partial charge in [-0.1, -0.05) is 6.92 Å². The van der Waals surface area contributed by atoms with Gasteiger partial charge in [0.1, 0.15) is 0 Å². The largest absolute Gasteiger partial charge is 0.454 e. The Labute approximate surface area is 144 Å². The minimum absolute atomic E-state index is 0. The third-order valence-corrected chi connectivity index (χ3v) is 4.77. The summed E-state index contributed by atoms with van der Waals surface area (Å²) >= 11 is 3.43. The van der Waals surface area contributed by atoms with Crippen molar-refractivity contribution in [1.29, 1.82) is 0 Å². The van der Waals surface area contributed by atoms with Crippen molar-refractivity contribution in [2.75, 3.05) is 19.9 Å². The lowest BCUT2D eigenvalue weighted by Gasteiger charge is -2.38. The molecule has 0 aromatic heterocycles. The molecule has 5 nitrogen and oxygen atoms in total. The monoisotopic (exact) mass is 390 g/mol. The third kappa shape index (κ3) is 3.19. The van der Waals surface area contributed by atoms with Crippen LogP contribution in [0.25, 0.3) is 0 Å². The summed E-state index contributed by atoms with van der Waals surface area (Å²) < 4.78 is 11.5. The number of likely N-dealkylation sites (tertiary alicyclic amines) is 1. The third-order valence-electron chi connectivity index (χ3n) is 4.19. The van der Waals surface area contributed by atoms with E-state index in [-0.39, 0.29) is 31.1 Å². The summed E-state index contributed by atoms with van der Waals surface area (Å²) in [6.07, 6.45) is 1.99. The Bertz CT molecular complexity index is 570. The number of amides is 1. The summed E-state index contributed by atoms with van der Waals surface area (Å²) in [4.78, 5) is 14.7. The number of rotatable bonds is 2. The zero-order valence-corrected chi connectivity index (χ0v) is 14.8. The van der Waals surface area contributed by atoms with E-state index in [1.165, 1.54) is 0 Å². The number of nitrogens with two attached hydrogens (primary N) is 1. The smallest absolute Gasteiger partial charge is 0.254 e. The predicted octanol–water partition coefficient (Wildman–Crippen LogP) is 2.80. The molecule has 3 rings (SSSR count). The number of carbonyl (C=O) groups excluding carboxylic acids is 1. The van der Waals surface area contributed by atoms with E-state index in [0.29, 0.717) is 29.5 Å². The van der Waals surface area contributed by atoms with Gasteiger partial charge >= 0.3 is 0 Å². The Morgan fingerprint density at radius 2 is 2.23 bits per heavy atom. The van der Waals surface area contributed by atoms with Gasteiger partial charge in [0, 0.05) is 24.7 Å². The lowest BCUT2D eigenvalue weighted by molar-refractivity contribution is 0.0573. The van der Waals surface area contributed by atoms with Crippen molar-refractivity contribution in [1.82, 2.24) is 4.90 Å². The molecule has 0 spiro atoms. The first-order valence-corrected chi connectivity index (χ1v) is 7.99. The Kier molecular flexibility index (Phi) is 5.58. The molecule has 22 heavy (non-hydrogen) atoms. The van der Waals surface area contributed by atoms with Crippen molar-refractivity contribution >= 4 is 34.2 Å². The molecule has 2 unspecified atom stereocenters. The van der Waals surface area contributed by atoms with Crippen molar-refractivity contribution in [3.05, 3.63) is 22.2 Å². The van der Waals surface area contributed by atoms with Crippen LogP contribution in [0.1, 0.15) is 30.1 Å². The van der Waals surface area contributed by atoms with Crippen LogP contribution in [0.2, 0.25) is 0 Å². The normalized spacial score (nSPS) is 23.1. The Hall–Kier alpha value is -0.980. The van der Waals surface area contributed by atoms with E-state index in [1.54, 1.807) is 12.1 Å². The van der Waals surface area contributed by atoms with Crippen LogP contribution in [0, 0.1) is 5.92 Å². The van der Waals surface area contributed by atoms with Crippen LogP contribution in [0.5, 0.6) is 11.5 Å². The molecular formula is C15H20BrClN2O3. The standard InChI is InChI=1S/C15H19BrN2O3.ClH/c1-9-2-3-18(11(4-9)7-17)15(19)10-5-12(16)14-13(6-10)20-8-21-14;/h5-6,9,11H,2-4,7-8,17H2,1H3;1H. The second kappa shape index (κ2) is 7.06. The molecule has 2 N–H and O–H groups in total. The van der Waals surface area contributed by atoms with E-state index in [2.05, 4.69) is 22.9 Å². The molecule has 0 radical (unpaired) electrons. The summed E-state index contributed by atoms with van der Waals surface area (Å²) in [7, 11) is 0. The van der Waals surface area contributed by atoms with E-state index in [1.807, 2.05) is 4.90 Å². The van der Waals surface area contributed by atoms with Gasteiger partial charge in [0.05, 0.1) is 4.47 Å². The Morgan fingerprint density at radius 1 is 1.45 bits per heavy atom. The fraction of sp³-hybridized carbons (Fsp3) is 0.533. The number of nitrogens with zero attached hydrogens (tertiary/aromatic N) is 1. The molecule has 1 fully saturated rings. The predicted molar refractivity (Wildman–Crippen MR) is 89.8 cm³/mol. The maximum Gasteiger partial charge on any atom is 0.254 e. The maximum absolute atomic E-state index is 12.8. The van der Waals surface area contributed by atoms with Crippen LogP contribution < -0.4 is 15.2 Å². The fourth-order valence-corrected chi connectivity index (χ4v) is 3.56. The quantitative estimate of drug-likeness (QED) is 0.842. The van der Waals surface area contributed by atoms with Crippen LogP contribution in [-0.4, -0.2) is 36.7 Å². The molecule has 2 atom stereocenters. The minimum atomic E-state index is 0. The topological polar surface area (TPSA) is 64.8 Å². The van der Waals surface area contributed by atoms with Crippen molar-refractivity contribution in [3.63, 3.8) is 0 Å². The van der Waals surface area contributed by atoms with E-state index in [0.717, 1.165) is 23.9 Å². The minimum Gasteiger partial charge on any atom is -0.454 e. The van der Waals surface area contributed by atoms with Gasteiger partial charge in [-0.05, 0) is 46.8 Å². The summed E-state index contributed by atoms with van der Waals surface area (Å²) in [6.45, 7) is 3.66. The molecule has 1 saturated heterocycles. The van der Waals surface area contributed by atoms with Crippen molar-refractivity contribution in [2.24, 2.45) is 11.7 Å². The molecule has 1 amide bonds. The molecule has 0 bridgehead atoms. The first-order valence-electron chi connectivity index (χ1n) is 7.20. The number of hydrogen-bond donors (Lipinski definition) is 1. The van der Waals surface area contributed by atoms with Crippen LogP contribution in [-0.2, 0) is 0 Å². The number of ether oxygens (including phenoxy) is 2. The zero-order valence-electron chi connectivity index (χ0n) is 12.4. The molecule has 1 aromatic rings. The number of fused-ring (bicyclic) bond motifs is 1. The van der Waals surface area contributed by atoms with Gasteiger partial charge in [0.25, 0.3) is 5.91 Å². The molecule has 2 aliphatic rings. The van der Waals surface area contributed by atoms with E-state index >= 15 is 0 Å². The summed E-state index contributed by atoms with van der Waals surface area (Å²) in [5, 5.41) is 0. The van der Waals surface area contributed by atoms with Crippen molar-refractivity contribution < 1.29 is 14.3 Å². The summed E-state index contributed by atoms with van der Waals surface area (Å²) in [5.41, 5.74) is 6.45. The zero-order chi connectivity index (χ0) is 15.0. The highest BCUT2D eigenvalue weighted by atomic mass is 79.9. The second-order valence-electron chi connectivity index (χ2n) is 5.71. The van der Waals surface area contributed by atoms with E-state index < -0.39 is 0 Å². The van der Waals surface area contributed by atoms with Crippen LogP contribution in [0.15, 0.2) is 16.6 Å². The number of hydrogen-bond acceptors (Lipinski definition) is 4. The van der Waals surface area contributed by atoms with E-state index in [4.69, 9.17) is 15.2 Å². The highest BCUT2D eigenvalue weighted by Gasteiger charge is 2.31. The Morgan fingerprint density at radius 3 is 2.95 bits per heavy atom. The van der Waals surface area contributed by atoms with Crippen molar-refractivity contribution in [3.8, 4) is 11.5 Å². The molecule has 0 aliphatic carbocycles. The van der Waals surface area contributed by atoms with Gasteiger partial charge < -0.3 is 20.1 Å². The Balaban J connectivity index is 0.00000176. The molecule has 122 valence electrons. The second-order valence-corrected chi connectivity index (χ2v) is 6.56. The number of halogens is 2. The molecule has 7 heteroatoms. The lowest BCUT2D eigenvalue weighted by Crippen LogP contribution is -2.49. The lowest BCUT2D eigenvalue weighted by atomic mass is 9.92. The van der Waals surface area contributed by atoms with Crippen molar-refractivity contribution in [2.45, 2.75) is 25.8 Å². The molecule has 0 saturated carbocycles. The molecule has 2 heterocycles. The highest BCUT2D eigenvalue weighted by molar-refractivity contribution is 9.10. The van der Waals surface area contributed by atoms with Gasteiger partial charge in [-0.15, -0.1) is 12.4 Å². The average molecular weight is 392 g/mol. The number of carbonyl (C=O) groups is 1. The van der Waals surface area contributed by atoms with Gasteiger partial charge in [-0.3, -0.25) is 4.79 Å². The summed E-state index contributed by atoms with van der Waals surface area (Å²) in [5.74, 6) is 1.90. The van der Waals surface area contributed by atoms with Gasteiger partial charge in [-0.25, -0.2) is 0 Å². The highest BCUT2D eigenvalue weighted by Crippen LogP contribution is 2.40. The molecule has 1 aromatic carbocycles. The van der Waals surface area contributed by atoms with Crippen LogP contribution in [0.3, 0.4) is 0 Å². The van der Waals surface area contributed by atoms with Gasteiger partial charge in [0.2, 0.25) is 6.79 Å². The first-order chi connectivity index (χ1) is 10.1. The van der Waals surface area contributed by atoms with Gasteiger partial charge in [-0.2, -0.15) is 0 Å². The van der Waals surface area contributed by atoms with Gasteiger partial charge in [0.15, 0.2) is 11.5 Å². The van der Waals surface area contributed by atoms with Crippen LogP contribution >= 0.6 is 28.3 Å². The SMILES string of the molecule is CC1CCN(C(=O)c2cc(Br)c3c(c2)OCO3)C(CN)C1.Cl. The number of benzene rings is 1.